The quantitative estimate of drug-likeness (QED) is 0.188. The molecule has 3 fully saturated rings. The number of ether oxygens (including phenoxy) is 2. The van der Waals surface area contributed by atoms with Crippen molar-refractivity contribution in [2.45, 2.75) is 56.5 Å². The topological polar surface area (TPSA) is 115 Å². The molecular weight excluding hydrogens is 618 g/mol. The van der Waals surface area contributed by atoms with E-state index in [0.717, 1.165) is 60.4 Å². The molecule has 4 aromatic rings. The molecule has 3 heterocycles. The zero-order chi connectivity index (χ0) is 33.6. The van der Waals surface area contributed by atoms with Crippen LogP contribution in [-0.4, -0.2) is 59.9 Å². The Balaban J connectivity index is 1.02. The summed E-state index contributed by atoms with van der Waals surface area (Å²) in [5.74, 6) is 0.108. The van der Waals surface area contributed by atoms with Crippen LogP contribution >= 0.6 is 0 Å². The van der Waals surface area contributed by atoms with Crippen molar-refractivity contribution in [1.29, 1.82) is 0 Å². The summed E-state index contributed by atoms with van der Waals surface area (Å²) in [6.07, 6.45) is 1.23. The van der Waals surface area contributed by atoms with Gasteiger partial charge in [0.15, 0.2) is 6.29 Å². The maximum absolute atomic E-state index is 13.2. The molecule has 3 saturated heterocycles. The van der Waals surface area contributed by atoms with Crippen molar-refractivity contribution in [3.8, 4) is 0 Å². The number of amides is 3. The zero-order valence-corrected chi connectivity index (χ0v) is 27.5. The maximum Gasteiger partial charge on any atom is 0.319 e. The van der Waals surface area contributed by atoms with Gasteiger partial charge in [0.25, 0.3) is 0 Å². The van der Waals surface area contributed by atoms with E-state index in [9.17, 15) is 14.7 Å². The van der Waals surface area contributed by atoms with Gasteiger partial charge in [-0.05, 0) is 53.8 Å². The molecule has 3 aliphatic rings. The zero-order valence-electron chi connectivity index (χ0n) is 27.5. The molecule has 3 atom stereocenters. The molecule has 0 aliphatic carbocycles. The van der Waals surface area contributed by atoms with Crippen molar-refractivity contribution in [2.75, 3.05) is 36.5 Å². The van der Waals surface area contributed by atoms with E-state index in [4.69, 9.17) is 9.47 Å². The molecule has 49 heavy (non-hydrogen) atoms. The molecule has 10 heteroatoms. The number of aliphatic hydroxyl groups is 1. The molecule has 3 amide bonds. The van der Waals surface area contributed by atoms with Gasteiger partial charge in [-0.3, -0.25) is 4.79 Å². The molecule has 3 aliphatic heterocycles. The lowest BCUT2D eigenvalue weighted by Crippen LogP contribution is -2.57. The number of carbonyl (C=O) groups excluding carboxylic acids is 2. The highest BCUT2D eigenvalue weighted by molar-refractivity contribution is 5.93. The minimum Gasteiger partial charge on any atom is -0.392 e. The number of nitrogens with one attached hydrogen (secondary N) is 3. The Labute approximate surface area is 287 Å². The van der Waals surface area contributed by atoms with Crippen LogP contribution in [0.4, 0.5) is 16.2 Å². The summed E-state index contributed by atoms with van der Waals surface area (Å²) < 4.78 is 13.2. The van der Waals surface area contributed by atoms with E-state index < -0.39 is 11.8 Å². The summed E-state index contributed by atoms with van der Waals surface area (Å²) >= 11 is 0. The lowest BCUT2D eigenvalue weighted by atomic mass is 9.85. The molecule has 254 valence electrons. The summed E-state index contributed by atoms with van der Waals surface area (Å²) in [5.41, 5.74) is 4.95. The van der Waals surface area contributed by atoms with Crippen LogP contribution in [0.5, 0.6) is 0 Å². The third-order valence-electron chi connectivity index (χ3n) is 9.90. The number of para-hydroxylation sites is 1. The second kappa shape index (κ2) is 14.8. The van der Waals surface area contributed by atoms with Gasteiger partial charge in [-0.1, -0.05) is 84.9 Å². The van der Waals surface area contributed by atoms with Crippen LogP contribution in [0.1, 0.15) is 53.9 Å². The van der Waals surface area contributed by atoms with Gasteiger partial charge in [0.05, 0.1) is 25.5 Å². The average Bonchev–Trinajstić information content (AvgIpc) is 3.47. The third-order valence-corrected chi connectivity index (χ3v) is 9.90. The van der Waals surface area contributed by atoms with Crippen molar-refractivity contribution in [1.82, 2.24) is 15.5 Å². The number of nitrogens with zero attached hydrogens (tertiary/aromatic N) is 2. The Bertz CT molecular complexity index is 1700. The Morgan fingerprint density at radius 1 is 0.837 bits per heavy atom. The summed E-state index contributed by atoms with van der Waals surface area (Å²) in [7, 11) is 0. The second-order valence-electron chi connectivity index (χ2n) is 13.0. The lowest BCUT2D eigenvalue weighted by Gasteiger charge is -2.45. The van der Waals surface area contributed by atoms with Crippen molar-refractivity contribution in [3.05, 3.63) is 131 Å². The van der Waals surface area contributed by atoms with Crippen LogP contribution in [-0.2, 0) is 27.4 Å². The van der Waals surface area contributed by atoms with E-state index in [-0.39, 0.29) is 30.8 Å². The number of anilines is 2. The highest BCUT2D eigenvalue weighted by Gasteiger charge is 2.50. The number of benzene rings is 4. The van der Waals surface area contributed by atoms with Crippen molar-refractivity contribution < 1.29 is 24.2 Å². The minimum atomic E-state index is -0.604. The summed E-state index contributed by atoms with van der Waals surface area (Å²) in [6, 6.07) is 35.1. The van der Waals surface area contributed by atoms with Crippen LogP contribution in [0.2, 0.25) is 0 Å². The number of rotatable bonds is 9. The van der Waals surface area contributed by atoms with Crippen LogP contribution in [0, 0.1) is 0 Å². The Morgan fingerprint density at radius 3 is 2.20 bits per heavy atom. The monoisotopic (exact) mass is 661 g/mol. The van der Waals surface area contributed by atoms with Crippen LogP contribution < -0.4 is 20.9 Å². The number of urea groups is 1. The molecule has 0 bridgehead atoms. The van der Waals surface area contributed by atoms with E-state index in [1.165, 1.54) is 0 Å². The summed E-state index contributed by atoms with van der Waals surface area (Å²) in [5, 5.41) is 18.4. The van der Waals surface area contributed by atoms with Crippen molar-refractivity contribution in [3.63, 3.8) is 0 Å². The van der Waals surface area contributed by atoms with Gasteiger partial charge in [0.2, 0.25) is 5.91 Å². The molecule has 0 aromatic heterocycles. The van der Waals surface area contributed by atoms with Crippen molar-refractivity contribution in [2.24, 2.45) is 0 Å². The largest absolute Gasteiger partial charge is 0.392 e. The highest BCUT2D eigenvalue weighted by atomic mass is 16.7. The normalized spacial score (nSPS) is 22.1. The molecule has 10 nitrogen and oxygen atoms in total. The first-order valence-electron chi connectivity index (χ1n) is 17.0. The molecule has 4 N–H and O–H groups in total. The average molecular weight is 662 g/mol. The Hall–Kier alpha value is -4.74. The molecule has 4 aromatic carbocycles. The number of likely N-dealkylation sites (tertiary alicyclic amines) is 1. The number of piperidine rings is 1. The van der Waals surface area contributed by atoms with Crippen LogP contribution in [0.15, 0.2) is 109 Å². The molecule has 0 saturated carbocycles. The van der Waals surface area contributed by atoms with E-state index in [1.807, 2.05) is 97.1 Å². The first kappa shape index (κ1) is 32.8. The van der Waals surface area contributed by atoms with E-state index >= 15 is 0 Å². The second-order valence-corrected chi connectivity index (χ2v) is 13.0. The van der Waals surface area contributed by atoms with E-state index in [1.54, 1.807) is 0 Å². The lowest BCUT2D eigenvalue weighted by molar-refractivity contribution is -0.253. The van der Waals surface area contributed by atoms with Crippen LogP contribution in [0.3, 0.4) is 0 Å². The van der Waals surface area contributed by atoms with Gasteiger partial charge in [0.1, 0.15) is 5.54 Å². The molecule has 7 rings (SSSR count). The maximum atomic E-state index is 13.2. The third kappa shape index (κ3) is 7.47. The van der Waals surface area contributed by atoms with E-state index in [2.05, 4.69) is 37.9 Å². The fraction of sp³-hybridized carbons (Fsp3) is 0.333. The smallest absolute Gasteiger partial charge is 0.319 e. The standard InChI is InChI=1S/C39H43N5O5/c45-26-29-11-13-30(14-12-29)35-23-34(25-43-21-19-39(20-22-43)37(46)41-27-44(39)33-9-5-2-6-10-33)48-36(49-35)31-15-17-32(18-16-31)42-38(47)40-24-28-7-3-1-4-8-28/h1-18,34-36,45H,19-27H2,(H,41,46)(H2,40,42,47)/t34-,35+,36+/m1/s1. The van der Waals surface area contributed by atoms with E-state index in [0.29, 0.717) is 25.3 Å². The SMILES string of the molecule is O=C(NCc1ccccc1)Nc1ccc([C@H]2O[C@@H](CN3CCC4(CC3)C(=O)NCN4c3ccccc3)C[C@@H](c3ccc(CO)cc3)O2)cc1. The highest BCUT2D eigenvalue weighted by Crippen LogP contribution is 2.40. The molecule has 0 radical (unpaired) electrons. The number of carbonyl (C=O) groups is 2. The van der Waals surface area contributed by atoms with Crippen LogP contribution in [0.25, 0.3) is 0 Å². The van der Waals surface area contributed by atoms with Gasteiger partial charge < -0.3 is 40.3 Å². The fourth-order valence-electron chi connectivity index (χ4n) is 7.14. The Kier molecular flexibility index (Phi) is 9.90. The first-order chi connectivity index (χ1) is 24.0. The molecule has 0 unspecified atom stereocenters. The van der Waals surface area contributed by atoms with Gasteiger partial charge in [-0.2, -0.15) is 0 Å². The minimum absolute atomic E-state index is 0.0129. The number of hydrogen-bond acceptors (Lipinski definition) is 7. The van der Waals surface area contributed by atoms with Crippen molar-refractivity contribution >= 4 is 23.3 Å². The molecular formula is C39H43N5O5. The summed E-state index contributed by atoms with van der Waals surface area (Å²) in [6.45, 7) is 3.23. The first-order valence-corrected chi connectivity index (χ1v) is 17.0. The van der Waals surface area contributed by atoms with Gasteiger partial charge in [-0.25, -0.2) is 4.79 Å². The predicted octanol–water partition coefficient (Wildman–Crippen LogP) is 5.47. The fourth-order valence-corrected chi connectivity index (χ4v) is 7.14. The Morgan fingerprint density at radius 2 is 1.51 bits per heavy atom. The number of hydrogen-bond donors (Lipinski definition) is 4. The predicted molar refractivity (Wildman–Crippen MR) is 187 cm³/mol. The molecule has 1 spiro atoms. The van der Waals surface area contributed by atoms with Gasteiger partial charge in [0, 0.05) is 49.5 Å². The van der Waals surface area contributed by atoms with Gasteiger partial charge >= 0.3 is 6.03 Å². The number of aliphatic hydroxyl groups excluding tert-OH is 1. The van der Waals surface area contributed by atoms with Gasteiger partial charge in [-0.15, -0.1) is 0 Å². The summed E-state index contributed by atoms with van der Waals surface area (Å²) in [4.78, 5) is 30.4.